The van der Waals surface area contributed by atoms with Gasteiger partial charge in [-0.05, 0) is 42.8 Å². The standard InChI is InChI=1S/C18H20ClN3O2/c1-13(24-16-4-2-3-15(19)11-16)18(23)22-10-9-21-17(12-22)14-5-7-20-8-6-14/h2-8,11,13,17,21H,9-10,12H2,1H3/t13-,17-/m0/s1. The average Bonchev–Trinajstić information content (AvgIpc) is 2.62. The van der Waals surface area contributed by atoms with E-state index in [4.69, 9.17) is 16.3 Å². The highest BCUT2D eigenvalue weighted by atomic mass is 35.5. The molecule has 5 nitrogen and oxygen atoms in total. The molecule has 0 unspecified atom stereocenters. The molecule has 0 spiro atoms. The maximum atomic E-state index is 12.7. The molecule has 1 amide bonds. The number of piperazine rings is 1. The smallest absolute Gasteiger partial charge is 0.263 e. The second-order valence-electron chi connectivity index (χ2n) is 5.79. The number of hydrogen-bond donors (Lipinski definition) is 1. The van der Waals surface area contributed by atoms with Crippen LogP contribution in [-0.4, -0.2) is 41.5 Å². The topological polar surface area (TPSA) is 54.5 Å². The number of pyridine rings is 1. The van der Waals surface area contributed by atoms with E-state index in [0.29, 0.717) is 23.9 Å². The van der Waals surface area contributed by atoms with Gasteiger partial charge in [0.25, 0.3) is 5.91 Å². The first-order chi connectivity index (χ1) is 11.6. The van der Waals surface area contributed by atoms with Crippen molar-refractivity contribution in [1.82, 2.24) is 15.2 Å². The quantitative estimate of drug-likeness (QED) is 0.925. The van der Waals surface area contributed by atoms with Crippen LogP contribution in [0.25, 0.3) is 0 Å². The molecule has 1 aromatic heterocycles. The van der Waals surface area contributed by atoms with Crippen LogP contribution in [0.4, 0.5) is 0 Å². The van der Waals surface area contributed by atoms with Crippen LogP contribution in [0.15, 0.2) is 48.8 Å². The van der Waals surface area contributed by atoms with Gasteiger partial charge in [-0.25, -0.2) is 0 Å². The summed E-state index contributed by atoms with van der Waals surface area (Å²) in [7, 11) is 0. The van der Waals surface area contributed by atoms with Gasteiger partial charge >= 0.3 is 0 Å². The Morgan fingerprint density at radius 3 is 2.92 bits per heavy atom. The Bertz CT molecular complexity index is 696. The molecule has 0 bridgehead atoms. The van der Waals surface area contributed by atoms with Crippen molar-refractivity contribution in [3.63, 3.8) is 0 Å². The molecular weight excluding hydrogens is 326 g/mol. The lowest BCUT2D eigenvalue weighted by Crippen LogP contribution is -2.51. The Hall–Kier alpha value is -2.11. The third kappa shape index (κ3) is 4.04. The van der Waals surface area contributed by atoms with E-state index in [2.05, 4.69) is 10.3 Å². The lowest BCUT2D eigenvalue weighted by atomic mass is 10.1. The molecule has 1 aliphatic heterocycles. The maximum Gasteiger partial charge on any atom is 0.263 e. The van der Waals surface area contributed by atoms with Gasteiger partial charge in [-0.1, -0.05) is 17.7 Å². The van der Waals surface area contributed by atoms with E-state index in [1.54, 1.807) is 43.6 Å². The van der Waals surface area contributed by atoms with Gasteiger partial charge in [-0.2, -0.15) is 0 Å². The van der Waals surface area contributed by atoms with E-state index < -0.39 is 6.10 Å². The van der Waals surface area contributed by atoms with Gasteiger partial charge in [-0.3, -0.25) is 9.78 Å². The molecule has 2 aromatic rings. The first-order valence-corrected chi connectivity index (χ1v) is 8.35. The number of carbonyl (C=O) groups is 1. The van der Waals surface area contributed by atoms with E-state index in [1.807, 2.05) is 17.0 Å². The monoisotopic (exact) mass is 345 g/mol. The highest BCUT2D eigenvalue weighted by molar-refractivity contribution is 6.30. The molecule has 1 aromatic carbocycles. The van der Waals surface area contributed by atoms with Gasteiger partial charge in [0.1, 0.15) is 5.75 Å². The molecule has 2 heterocycles. The van der Waals surface area contributed by atoms with Crippen LogP contribution in [0.3, 0.4) is 0 Å². The van der Waals surface area contributed by atoms with E-state index in [9.17, 15) is 4.79 Å². The number of hydrogen-bond acceptors (Lipinski definition) is 4. The number of nitrogens with zero attached hydrogens (tertiary/aromatic N) is 2. The zero-order chi connectivity index (χ0) is 16.9. The fourth-order valence-corrected chi connectivity index (χ4v) is 3.00. The molecule has 1 N–H and O–H groups in total. The minimum Gasteiger partial charge on any atom is -0.481 e. The van der Waals surface area contributed by atoms with E-state index in [-0.39, 0.29) is 11.9 Å². The molecule has 126 valence electrons. The van der Waals surface area contributed by atoms with E-state index in [0.717, 1.165) is 12.1 Å². The Balaban J connectivity index is 1.63. The van der Waals surface area contributed by atoms with Gasteiger partial charge in [0, 0.05) is 37.1 Å². The van der Waals surface area contributed by atoms with Crippen LogP contribution in [0, 0.1) is 0 Å². The number of amides is 1. The number of rotatable bonds is 4. The summed E-state index contributed by atoms with van der Waals surface area (Å²) in [6, 6.07) is 11.1. The number of carbonyl (C=O) groups excluding carboxylic acids is 1. The van der Waals surface area contributed by atoms with Gasteiger partial charge in [-0.15, -0.1) is 0 Å². The zero-order valence-corrected chi connectivity index (χ0v) is 14.2. The van der Waals surface area contributed by atoms with Gasteiger partial charge < -0.3 is 15.0 Å². The van der Waals surface area contributed by atoms with Crippen LogP contribution in [0.1, 0.15) is 18.5 Å². The molecule has 0 aliphatic carbocycles. The van der Waals surface area contributed by atoms with Crippen LogP contribution in [0.2, 0.25) is 5.02 Å². The van der Waals surface area contributed by atoms with Crippen molar-refractivity contribution in [2.45, 2.75) is 19.1 Å². The Kier molecular flexibility index (Phi) is 5.33. The normalized spacial score (nSPS) is 18.9. The number of benzene rings is 1. The largest absolute Gasteiger partial charge is 0.481 e. The molecule has 1 saturated heterocycles. The van der Waals surface area contributed by atoms with Crippen molar-refractivity contribution in [2.75, 3.05) is 19.6 Å². The molecule has 1 fully saturated rings. The summed E-state index contributed by atoms with van der Waals surface area (Å²) in [5.41, 5.74) is 1.13. The zero-order valence-electron chi connectivity index (χ0n) is 13.5. The molecule has 1 aliphatic rings. The summed E-state index contributed by atoms with van der Waals surface area (Å²) >= 11 is 5.95. The molecule has 3 rings (SSSR count). The highest BCUT2D eigenvalue weighted by Crippen LogP contribution is 2.20. The molecule has 6 heteroatoms. The van der Waals surface area contributed by atoms with E-state index >= 15 is 0 Å². The Labute approximate surface area is 146 Å². The third-order valence-electron chi connectivity index (χ3n) is 4.05. The predicted octanol–water partition coefficient (Wildman–Crippen LogP) is 2.68. The second kappa shape index (κ2) is 7.64. The number of ether oxygens (including phenoxy) is 1. The van der Waals surface area contributed by atoms with Crippen LogP contribution < -0.4 is 10.1 Å². The third-order valence-corrected chi connectivity index (χ3v) is 4.29. The summed E-state index contributed by atoms with van der Waals surface area (Å²) in [4.78, 5) is 18.6. The van der Waals surface area contributed by atoms with Crippen molar-refractivity contribution in [3.05, 3.63) is 59.4 Å². The molecule has 24 heavy (non-hydrogen) atoms. The van der Waals surface area contributed by atoms with Gasteiger partial charge in [0.05, 0.1) is 6.04 Å². The van der Waals surface area contributed by atoms with Gasteiger partial charge in [0.15, 0.2) is 6.10 Å². The van der Waals surface area contributed by atoms with Crippen LogP contribution in [-0.2, 0) is 4.79 Å². The fourth-order valence-electron chi connectivity index (χ4n) is 2.82. The van der Waals surface area contributed by atoms with Crippen molar-refractivity contribution >= 4 is 17.5 Å². The minimum absolute atomic E-state index is 0.0180. The fraction of sp³-hybridized carbons (Fsp3) is 0.333. The lowest BCUT2D eigenvalue weighted by Gasteiger charge is -2.35. The molecule has 0 radical (unpaired) electrons. The maximum absolute atomic E-state index is 12.7. The van der Waals surface area contributed by atoms with E-state index in [1.165, 1.54) is 0 Å². The molecular formula is C18H20ClN3O2. The van der Waals surface area contributed by atoms with Crippen molar-refractivity contribution in [1.29, 1.82) is 0 Å². The number of nitrogens with one attached hydrogen (secondary N) is 1. The molecule has 0 saturated carbocycles. The van der Waals surface area contributed by atoms with Crippen LogP contribution in [0.5, 0.6) is 5.75 Å². The summed E-state index contributed by atoms with van der Waals surface area (Å²) in [5.74, 6) is 0.583. The highest BCUT2D eigenvalue weighted by Gasteiger charge is 2.28. The second-order valence-corrected chi connectivity index (χ2v) is 6.23. The minimum atomic E-state index is -0.556. The first-order valence-electron chi connectivity index (χ1n) is 7.98. The van der Waals surface area contributed by atoms with Crippen molar-refractivity contribution < 1.29 is 9.53 Å². The number of aromatic nitrogens is 1. The van der Waals surface area contributed by atoms with Gasteiger partial charge in [0.2, 0.25) is 0 Å². The number of halogens is 1. The Morgan fingerprint density at radius 2 is 2.17 bits per heavy atom. The summed E-state index contributed by atoms with van der Waals surface area (Å²) in [6.45, 7) is 3.81. The van der Waals surface area contributed by atoms with Crippen molar-refractivity contribution in [2.24, 2.45) is 0 Å². The molecule has 2 atom stereocenters. The first kappa shape index (κ1) is 16.7. The average molecular weight is 346 g/mol. The predicted molar refractivity (Wildman–Crippen MR) is 93.1 cm³/mol. The van der Waals surface area contributed by atoms with Crippen LogP contribution >= 0.6 is 11.6 Å². The Morgan fingerprint density at radius 1 is 1.38 bits per heavy atom. The lowest BCUT2D eigenvalue weighted by molar-refractivity contribution is -0.139. The summed E-state index contributed by atoms with van der Waals surface area (Å²) in [5, 5.41) is 4.03. The summed E-state index contributed by atoms with van der Waals surface area (Å²) in [6.07, 6.45) is 2.98. The SMILES string of the molecule is C[C@H](Oc1cccc(Cl)c1)C(=O)N1CCN[C@H](c2ccncc2)C1. The van der Waals surface area contributed by atoms with Crippen molar-refractivity contribution in [3.8, 4) is 5.75 Å². The summed E-state index contributed by atoms with van der Waals surface area (Å²) < 4.78 is 5.75.